The van der Waals surface area contributed by atoms with Crippen molar-refractivity contribution in [2.24, 2.45) is 0 Å². The van der Waals surface area contributed by atoms with Crippen LogP contribution in [0, 0.1) is 6.92 Å². The lowest BCUT2D eigenvalue weighted by Gasteiger charge is -2.04. The quantitative estimate of drug-likeness (QED) is 0.765. The van der Waals surface area contributed by atoms with Crippen LogP contribution in [0.4, 0.5) is 5.82 Å². The predicted octanol–water partition coefficient (Wildman–Crippen LogP) is 1.52. The summed E-state index contributed by atoms with van der Waals surface area (Å²) in [5.74, 6) is 0.548. The van der Waals surface area contributed by atoms with Gasteiger partial charge in [-0.25, -0.2) is 4.98 Å². The second-order valence-corrected chi connectivity index (χ2v) is 2.79. The zero-order valence-corrected chi connectivity index (χ0v) is 7.87. The van der Waals surface area contributed by atoms with E-state index in [1.54, 1.807) is 12.4 Å². The van der Waals surface area contributed by atoms with E-state index in [-0.39, 0.29) is 5.91 Å². The molecule has 13 heavy (non-hydrogen) atoms. The van der Waals surface area contributed by atoms with Crippen molar-refractivity contribution >= 4 is 11.7 Å². The zero-order chi connectivity index (χ0) is 9.68. The van der Waals surface area contributed by atoms with Crippen molar-refractivity contribution in [1.29, 1.82) is 0 Å². The highest BCUT2D eigenvalue weighted by molar-refractivity contribution is 5.90. The Morgan fingerprint density at radius 2 is 2.15 bits per heavy atom. The molecule has 1 amide bonds. The van der Waals surface area contributed by atoms with Crippen LogP contribution in [-0.4, -0.2) is 15.9 Å². The van der Waals surface area contributed by atoms with Crippen LogP contribution < -0.4 is 5.32 Å². The molecule has 0 saturated heterocycles. The molecule has 0 atom stereocenters. The molecule has 0 unspecified atom stereocenters. The maximum Gasteiger partial charge on any atom is 0.225 e. The molecule has 0 bridgehead atoms. The van der Waals surface area contributed by atoms with Crippen molar-refractivity contribution in [3.05, 3.63) is 18.1 Å². The number of amides is 1. The minimum absolute atomic E-state index is 0.00824. The summed E-state index contributed by atoms with van der Waals surface area (Å²) in [4.78, 5) is 19.2. The van der Waals surface area contributed by atoms with E-state index < -0.39 is 0 Å². The normalized spacial score (nSPS) is 9.69. The van der Waals surface area contributed by atoms with Crippen LogP contribution in [0.15, 0.2) is 12.4 Å². The highest BCUT2D eigenvalue weighted by atomic mass is 16.1. The molecule has 0 aliphatic rings. The SMILES string of the molecule is CCCC(=O)Nc1nccnc1C. The first-order chi connectivity index (χ1) is 6.24. The van der Waals surface area contributed by atoms with Gasteiger partial charge >= 0.3 is 0 Å². The summed E-state index contributed by atoms with van der Waals surface area (Å²) in [6, 6.07) is 0. The number of aromatic nitrogens is 2. The number of rotatable bonds is 3. The van der Waals surface area contributed by atoms with E-state index in [9.17, 15) is 4.79 Å². The van der Waals surface area contributed by atoms with Gasteiger partial charge in [0.05, 0.1) is 5.69 Å². The lowest BCUT2D eigenvalue weighted by Crippen LogP contribution is -2.13. The maximum atomic E-state index is 11.2. The van der Waals surface area contributed by atoms with E-state index in [4.69, 9.17) is 0 Å². The van der Waals surface area contributed by atoms with Gasteiger partial charge in [0.25, 0.3) is 0 Å². The molecule has 0 aliphatic heterocycles. The molecule has 1 rings (SSSR count). The van der Waals surface area contributed by atoms with E-state index in [1.807, 2.05) is 13.8 Å². The Kier molecular flexibility index (Phi) is 3.37. The molecule has 0 spiro atoms. The van der Waals surface area contributed by atoms with Crippen molar-refractivity contribution in [1.82, 2.24) is 9.97 Å². The number of hydrogen-bond donors (Lipinski definition) is 1. The first kappa shape index (κ1) is 9.64. The Labute approximate surface area is 77.4 Å². The summed E-state index contributed by atoms with van der Waals surface area (Å²) in [6.45, 7) is 3.78. The second kappa shape index (κ2) is 4.54. The van der Waals surface area contributed by atoms with Gasteiger partial charge in [0, 0.05) is 18.8 Å². The average molecular weight is 179 g/mol. The van der Waals surface area contributed by atoms with E-state index in [0.29, 0.717) is 12.2 Å². The average Bonchev–Trinajstić information content (AvgIpc) is 2.09. The molecule has 0 aromatic carbocycles. The standard InChI is InChI=1S/C9H13N3O/c1-3-4-8(13)12-9-7(2)10-5-6-11-9/h5-6H,3-4H2,1-2H3,(H,11,12,13). The summed E-state index contributed by atoms with van der Waals surface area (Å²) >= 11 is 0. The first-order valence-electron chi connectivity index (χ1n) is 4.31. The molecule has 70 valence electrons. The highest BCUT2D eigenvalue weighted by Crippen LogP contribution is 2.06. The third kappa shape index (κ3) is 2.82. The summed E-state index contributed by atoms with van der Waals surface area (Å²) in [5, 5.41) is 2.70. The van der Waals surface area contributed by atoms with Crippen molar-refractivity contribution in [3.63, 3.8) is 0 Å². The van der Waals surface area contributed by atoms with E-state index in [2.05, 4.69) is 15.3 Å². The van der Waals surface area contributed by atoms with Crippen LogP contribution in [-0.2, 0) is 4.79 Å². The van der Waals surface area contributed by atoms with Crippen LogP contribution >= 0.6 is 0 Å². The summed E-state index contributed by atoms with van der Waals surface area (Å²) in [6.07, 6.45) is 4.53. The fourth-order valence-corrected chi connectivity index (χ4v) is 0.952. The number of anilines is 1. The molecule has 1 N–H and O–H groups in total. The first-order valence-corrected chi connectivity index (χ1v) is 4.31. The molecule has 4 heteroatoms. The van der Waals surface area contributed by atoms with Gasteiger partial charge in [0.2, 0.25) is 5.91 Å². The van der Waals surface area contributed by atoms with Gasteiger partial charge in [-0.05, 0) is 13.3 Å². The lowest BCUT2D eigenvalue weighted by atomic mass is 10.3. The number of nitrogens with zero attached hydrogens (tertiary/aromatic N) is 2. The van der Waals surface area contributed by atoms with E-state index in [1.165, 1.54) is 0 Å². The Hall–Kier alpha value is -1.45. The van der Waals surface area contributed by atoms with Gasteiger partial charge in [-0.1, -0.05) is 6.92 Å². The van der Waals surface area contributed by atoms with Crippen LogP contribution in [0.1, 0.15) is 25.5 Å². The minimum Gasteiger partial charge on any atom is -0.309 e. The van der Waals surface area contributed by atoms with E-state index in [0.717, 1.165) is 12.1 Å². The third-order valence-electron chi connectivity index (χ3n) is 1.62. The number of nitrogens with one attached hydrogen (secondary N) is 1. The summed E-state index contributed by atoms with van der Waals surface area (Å²) in [7, 11) is 0. The molecule has 0 fully saturated rings. The van der Waals surface area contributed by atoms with E-state index >= 15 is 0 Å². The van der Waals surface area contributed by atoms with Crippen molar-refractivity contribution < 1.29 is 4.79 Å². The molecular weight excluding hydrogens is 166 g/mol. The summed E-state index contributed by atoms with van der Waals surface area (Å²) in [5.41, 5.74) is 0.743. The lowest BCUT2D eigenvalue weighted by molar-refractivity contribution is -0.116. The zero-order valence-electron chi connectivity index (χ0n) is 7.87. The van der Waals surface area contributed by atoms with Gasteiger partial charge in [-0.3, -0.25) is 9.78 Å². The molecule has 1 aromatic heterocycles. The molecule has 1 aromatic rings. The largest absolute Gasteiger partial charge is 0.309 e. The van der Waals surface area contributed by atoms with Gasteiger partial charge in [0.1, 0.15) is 0 Å². The summed E-state index contributed by atoms with van der Waals surface area (Å²) < 4.78 is 0. The second-order valence-electron chi connectivity index (χ2n) is 2.79. The van der Waals surface area contributed by atoms with Gasteiger partial charge in [-0.15, -0.1) is 0 Å². The fourth-order valence-electron chi connectivity index (χ4n) is 0.952. The maximum absolute atomic E-state index is 11.2. The predicted molar refractivity (Wildman–Crippen MR) is 50.3 cm³/mol. The van der Waals surface area contributed by atoms with Crippen LogP contribution in [0.2, 0.25) is 0 Å². The van der Waals surface area contributed by atoms with Crippen LogP contribution in [0.25, 0.3) is 0 Å². The van der Waals surface area contributed by atoms with Crippen LogP contribution in [0.5, 0.6) is 0 Å². The third-order valence-corrected chi connectivity index (χ3v) is 1.62. The number of carbonyl (C=O) groups is 1. The molecule has 0 aliphatic carbocycles. The van der Waals surface area contributed by atoms with Crippen molar-refractivity contribution in [2.45, 2.75) is 26.7 Å². The Morgan fingerprint density at radius 1 is 1.46 bits per heavy atom. The number of hydrogen-bond acceptors (Lipinski definition) is 3. The molecule has 0 saturated carbocycles. The Balaban J connectivity index is 2.63. The number of carbonyl (C=O) groups excluding carboxylic acids is 1. The highest BCUT2D eigenvalue weighted by Gasteiger charge is 2.03. The molecule has 4 nitrogen and oxygen atoms in total. The fraction of sp³-hybridized carbons (Fsp3) is 0.444. The molecular formula is C9H13N3O. The van der Waals surface area contributed by atoms with Crippen LogP contribution in [0.3, 0.4) is 0 Å². The number of aryl methyl sites for hydroxylation is 1. The smallest absolute Gasteiger partial charge is 0.225 e. The monoisotopic (exact) mass is 179 g/mol. The minimum atomic E-state index is -0.00824. The van der Waals surface area contributed by atoms with Gasteiger partial charge in [0.15, 0.2) is 5.82 Å². The molecule has 0 radical (unpaired) electrons. The van der Waals surface area contributed by atoms with Crippen molar-refractivity contribution in [2.75, 3.05) is 5.32 Å². The van der Waals surface area contributed by atoms with Gasteiger partial charge in [-0.2, -0.15) is 0 Å². The van der Waals surface area contributed by atoms with Crippen molar-refractivity contribution in [3.8, 4) is 0 Å². The molecule has 1 heterocycles. The topological polar surface area (TPSA) is 54.9 Å². The Bertz CT molecular complexity index is 299. The van der Waals surface area contributed by atoms with Gasteiger partial charge < -0.3 is 5.32 Å². The Morgan fingerprint density at radius 3 is 2.77 bits per heavy atom.